The molecule has 3 nitrogen and oxygen atoms in total. The minimum Gasteiger partial charge on any atom is -0.478 e. The molecule has 3 saturated heterocycles. The van der Waals surface area contributed by atoms with Gasteiger partial charge in [-0.25, -0.2) is 4.79 Å². The van der Waals surface area contributed by atoms with Crippen molar-refractivity contribution in [2.45, 2.75) is 37.3 Å². The van der Waals surface area contributed by atoms with E-state index in [9.17, 15) is 4.79 Å². The number of benzene rings is 1. The summed E-state index contributed by atoms with van der Waals surface area (Å²) in [6.45, 7) is 0.810. The maximum absolute atomic E-state index is 11.2. The average molecular weight is 338 g/mol. The van der Waals surface area contributed by atoms with Gasteiger partial charge in [0.25, 0.3) is 0 Å². The van der Waals surface area contributed by atoms with E-state index in [1.165, 1.54) is 24.5 Å². The third-order valence-corrected chi connectivity index (χ3v) is 6.28. The molecule has 4 bridgehead atoms. The molecule has 1 aromatic carbocycles. The van der Waals surface area contributed by atoms with Crippen LogP contribution < -0.4 is 0 Å². The highest BCUT2D eigenvalue weighted by Crippen LogP contribution is 2.54. The second-order valence-corrected chi connectivity index (χ2v) is 7.38. The molecule has 5 atom stereocenters. The molecule has 0 amide bonds. The topological polar surface area (TPSA) is 40.5 Å². The number of rotatable bonds is 2. The molecule has 22 heavy (non-hydrogen) atoms. The largest absolute Gasteiger partial charge is 0.478 e. The van der Waals surface area contributed by atoms with Gasteiger partial charge in [-0.05, 0) is 48.4 Å². The quantitative estimate of drug-likeness (QED) is 0.830. The van der Waals surface area contributed by atoms with Crippen LogP contribution >= 0.6 is 23.2 Å². The van der Waals surface area contributed by atoms with Gasteiger partial charge in [-0.1, -0.05) is 29.3 Å². The number of piperidine rings is 1. The Morgan fingerprint density at radius 1 is 1.27 bits per heavy atom. The predicted octanol–water partition coefficient (Wildman–Crippen LogP) is 3.95. The fraction of sp³-hybridized carbons (Fsp3) is 0.471. The monoisotopic (exact) mass is 337 g/mol. The fourth-order valence-electron chi connectivity index (χ4n) is 4.77. The summed E-state index contributed by atoms with van der Waals surface area (Å²) in [5, 5.41) is 10.3. The zero-order valence-electron chi connectivity index (χ0n) is 12.0. The summed E-state index contributed by atoms with van der Waals surface area (Å²) in [5.74, 6) is -0.198. The number of carbonyl (C=O) groups is 1. The number of halogens is 2. The Morgan fingerprint density at radius 3 is 2.82 bits per heavy atom. The Morgan fingerprint density at radius 2 is 2.09 bits per heavy atom. The highest BCUT2D eigenvalue weighted by Gasteiger charge is 2.53. The van der Waals surface area contributed by atoms with Gasteiger partial charge in [-0.15, -0.1) is 0 Å². The summed E-state index contributed by atoms with van der Waals surface area (Å²) in [6, 6.07) is 6.91. The maximum Gasteiger partial charge on any atom is 0.328 e. The molecular weight excluding hydrogens is 321 g/mol. The van der Waals surface area contributed by atoms with Crippen molar-refractivity contribution in [1.29, 1.82) is 0 Å². The van der Waals surface area contributed by atoms with Gasteiger partial charge in [0, 0.05) is 30.6 Å². The molecule has 5 heteroatoms. The number of hydrogen-bond donors (Lipinski definition) is 1. The number of nitrogens with zero attached hydrogens (tertiary/aromatic N) is 1. The van der Waals surface area contributed by atoms with Crippen LogP contribution in [0.5, 0.6) is 0 Å². The summed E-state index contributed by atoms with van der Waals surface area (Å²) >= 11 is 12.2. The second kappa shape index (κ2) is 5.26. The van der Waals surface area contributed by atoms with E-state index >= 15 is 0 Å². The Labute approximate surface area is 139 Å². The van der Waals surface area contributed by atoms with E-state index in [0.29, 0.717) is 34.0 Å². The molecule has 1 N–H and O–H groups in total. The minimum atomic E-state index is -0.840. The van der Waals surface area contributed by atoms with E-state index < -0.39 is 5.97 Å². The van der Waals surface area contributed by atoms with E-state index in [1.807, 2.05) is 18.2 Å². The minimum absolute atomic E-state index is 0.298. The molecule has 0 radical (unpaired) electrons. The lowest BCUT2D eigenvalue weighted by atomic mass is 9.76. The summed E-state index contributed by atoms with van der Waals surface area (Å²) in [4.78, 5) is 13.7. The van der Waals surface area contributed by atoms with Gasteiger partial charge in [-0.2, -0.15) is 0 Å². The molecule has 116 valence electrons. The lowest BCUT2D eigenvalue weighted by Gasteiger charge is -2.37. The van der Waals surface area contributed by atoms with Crippen LogP contribution in [0.3, 0.4) is 0 Å². The Bertz CT molecular complexity index is 673. The zero-order chi connectivity index (χ0) is 15.4. The third kappa shape index (κ3) is 2.18. The fourth-order valence-corrected chi connectivity index (χ4v) is 5.07. The Balaban J connectivity index is 1.76. The van der Waals surface area contributed by atoms with Crippen molar-refractivity contribution < 1.29 is 9.90 Å². The molecule has 1 aromatic rings. The van der Waals surface area contributed by atoms with E-state index in [1.54, 1.807) is 0 Å². The first-order valence-electron chi connectivity index (χ1n) is 7.68. The Hall–Kier alpha value is -1.03. The lowest BCUT2D eigenvalue weighted by Crippen LogP contribution is -2.40. The molecule has 3 heterocycles. The summed E-state index contributed by atoms with van der Waals surface area (Å²) < 4.78 is 0. The van der Waals surface area contributed by atoms with Gasteiger partial charge in [0.1, 0.15) is 0 Å². The molecule has 0 spiro atoms. The highest BCUT2D eigenvalue weighted by atomic mass is 35.5. The smallest absolute Gasteiger partial charge is 0.328 e. The molecule has 1 unspecified atom stereocenters. The van der Waals surface area contributed by atoms with Crippen LogP contribution in [-0.2, 0) is 4.79 Å². The van der Waals surface area contributed by atoms with Crippen LogP contribution in [0.25, 0.3) is 0 Å². The van der Waals surface area contributed by atoms with Crippen LogP contribution in [-0.4, -0.2) is 34.6 Å². The number of hydrogen-bond acceptors (Lipinski definition) is 2. The summed E-state index contributed by atoms with van der Waals surface area (Å²) in [7, 11) is 0. The summed E-state index contributed by atoms with van der Waals surface area (Å²) in [6.07, 6.45) is 4.90. The van der Waals surface area contributed by atoms with Gasteiger partial charge in [-0.3, -0.25) is 4.90 Å². The molecule has 4 rings (SSSR count). The van der Waals surface area contributed by atoms with Crippen LogP contribution in [0, 0.1) is 5.92 Å². The second-order valence-electron chi connectivity index (χ2n) is 6.57. The maximum atomic E-state index is 11.2. The van der Waals surface area contributed by atoms with Crippen molar-refractivity contribution in [1.82, 2.24) is 4.90 Å². The molecule has 0 aliphatic carbocycles. The van der Waals surface area contributed by atoms with Crippen molar-refractivity contribution in [2.75, 3.05) is 6.54 Å². The van der Waals surface area contributed by atoms with Gasteiger partial charge in [0.2, 0.25) is 0 Å². The van der Waals surface area contributed by atoms with Crippen LogP contribution in [0.1, 0.15) is 30.7 Å². The van der Waals surface area contributed by atoms with Crippen molar-refractivity contribution in [3.8, 4) is 0 Å². The van der Waals surface area contributed by atoms with Gasteiger partial charge >= 0.3 is 5.97 Å². The molecule has 3 aliphatic heterocycles. The van der Waals surface area contributed by atoms with E-state index in [-0.39, 0.29) is 0 Å². The van der Waals surface area contributed by atoms with Gasteiger partial charge in [0.15, 0.2) is 0 Å². The lowest BCUT2D eigenvalue weighted by molar-refractivity contribution is -0.131. The number of carboxylic acids is 1. The van der Waals surface area contributed by atoms with Crippen molar-refractivity contribution in [2.24, 2.45) is 5.92 Å². The first kappa shape index (κ1) is 14.6. The highest BCUT2D eigenvalue weighted by molar-refractivity contribution is 6.42. The number of carboxylic acid groups (broad SMARTS) is 1. The van der Waals surface area contributed by atoms with Crippen LogP contribution in [0.4, 0.5) is 0 Å². The predicted molar refractivity (Wildman–Crippen MR) is 86.5 cm³/mol. The van der Waals surface area contributed by atoms with Crippen molar-refractivity contribution in [3.05, 3.63) is 45.5 Å². The van der Waals surface area contributed by atoms with Crippen molar-refractivity contribution >= 4 is 29.2 Å². The third-order valence-electron chi connectivity index (χ3n) is 5.54. The normalized spacial score (nSPS) is 37.7. The average Bonchev–Trinajstić information content (AvgIpc) is 2.87. The molecule has 0 saturated carbocycles. The Kier molecular flexibility index (Phi) is 3.48. The van der Waals surface area contributed by atoms with Crippen LogP contribution in [0.15, 0.2) is 29.8 Å². The zero-order valence-corrected chi connectivity index (χ0v) is 13.5. The van der Waals surface area contributed by atoms with Crippen molar-refractivity contribution in [3.63, 3.8) is 0 Å². The first-order valence-corrected chi connectivity index (χ1v) is 8.44. The standard InChI is InChI=1S/C17H17Cl2NO2/c18-13-3-1-9(5-14(13)19)12-7-11-2-4-15-17(12)10(6-16(21)22)8-20(11)15/h1,3,5-6,11-12,15,17H,2,4,7-8H2,(H,21,22)/t11-,12+,15+,17-/m0/s1. The van der Waals surface area contributed by atoms with Gasteiger partial charge in [0.05, 0.1) is 10.0 Å². The van der Waals surface area contributed by atoms with E-state index in [4.69, 9.17) is 28.3 Å². The first-order chi connectivity index (χ1) is 10.5. The molecule has 0 aromatic heterocycles. The molecular formula is C17H17Cl2NO2. The van der Waals surface area contributed by atoms with Gasteiger partial charge < -0.3 is 5.11 Å². The SMILES string of the molecule is O=C(O)C=C1CN2[C@H]3CC[C@@H]2[C@@H]1[C@@H](c1ccc(Cl)c(Cl)c1)C3. The van der Waals surface area contributed by atoms with E-state index in [2.05, 4.69) is 4.90 Å². The van der Waals surface area contributed by atoms with Crippen LogP contribution in [0.2, 0.25) is 10.0 Å². The summed E-state index contributed by atoms with van der Waals surface area (Å²) in [5.41, 5.74) is 2.25. The molecule has 3 fully saturated rings. The molecule has 3 aliphatic rings. The van der Waals surface area contributed by atoms with E-state index in [0.717, 1.165) is 18.5 Å². The number of aliphatic carboxylic acids is 1.